The third-order valence-corrected chi connectivity index (χ3v) is 4.84. The quantitative estimate of drug-likeness (QED) is 0.810. The number of amides is 1. The van der Waals surface area contributed by atoms with E-state index in [0.29, 0.717) is 0 Å². The van der Waals surface area contributed by atoms with Crippen molar-refractivity contribution < 1.29 is 4.79 Å². The molecule has 1 atom stereocenters. The van der Waals surface area contributed by atoms with E-state index in [9.17, 15) is 4.79 Å². The van der Waals surface area contributed by atoms with Crippen LogP contribution in [0.2, 0.25) is 0 Å². The van der Waals surface area contributed by atoms with Gasteiger partial charge in [0.1, 0.15) is 5.65 Å². The Morgan fingerprint density at radius 2 is 2.26 bits per heavy atom. The Morgan fingerprint density at radius 1 is 1.43 bits per heavy atom. The van der Waals surface area contributed by atoms with E-state index in [1.54, 1.807) is 0 Å². The van der Waals surface area contributed by atoms with Crippen molar-refractivity contribution in [3.8, 4) is 0 Å². The number of nitrogens with one attached hydrogen (secondary N) is 2. The van der Waals surface area contributed by atoms with Gasteiger partial charge >= 0.3 is 0 Å². The van der Waals surface area contributed by atoms with E-state index in [-0.39, 0.29) is 17.9 Å². The number of nitrogens with zero attached hydrogens (tertiary/aromatic N) is 2. The summed E-state index contributed by atoms with van der Waals surface area (Å²) in [6.45, 7) is 3.91. The van der Waals surface area contributed by atoms with Crippen molar-refractivity contribution in [1.82, 2.24) is 9.97 Å². The molecule has 1 aliphatic heterocycles. The van der Waals surface area contributed by atoms with E-state index in [1.165, 1.54) is 0 Å². The maximum Gasteiger partial charge on any atom is 0.227 e. The number of carbonyl (C=O) groups excluding carboxylic acids is 1. The van der Waals surface area contributed by atoms with E-state index in [2.05, 4.69) is 27.1 Å². The predicted octanol–water partition coefficient (Wildman–Crippen LogP) is 2.15. The molecule has 2 aromatic rings. The average Bonchev–Trinajstić information content (AvgIpc) is 3.31. The lowest BCUT2D eigenvalue weighted by Gasteiger charge is -2.34. The maximum absolute atomic E-state index is 12.2. The fourth-order valence-electron chi connectivity index (χ4n) is 3.47. The van der Waals surface area contributed by atoms with Gasteiger partial charge in [-0.3, -0.25) is 4.79 Å². The lowest BCUT2D eigenvalue weighted by atomic mass is 10.0. The number of fused-ring (bicyclic) bond motifs is 1. The molecule has 2 aliphatic rings. The zero-order valence-corrected chi connectivity index (χ0v) is 13.4. The summed E-state index contributed by atoms with van der Waals surface area (Å²) in [5, 5.41) is 4.08. The van der Waals surface area contributed by atoms with Crippen LogP contribution in [-0.4, -0.2) is 35.0 Å². The molecule has 23 heavy (non-hydrogen) atoms. The average molecular weight is 313 g/mol. The Labute approximate surface area is 135 Å². The van der Waals surface area contributed by atoms with Crippen molar-refractivity contribution in [3.63, 3.8) is 0 Å². The number of anilines is 2. The lowest BCUT2D eigenvalue weighted by Crippen LogP contribution is -2.43. The molecule has 4 rings (SSSR count). The minimum atomic E-state index is 0.119. The van der Waals surface area contributed by atoms with Gasteiger partial charge in [0, 0.05) is 37.4 Å². The van der Waals surface area contributed by atoms with Gasteiger partial charge in [0.05, 0.1) is 16.8 Å². The van der Waals surface area contributed by atoms with Gasteiger partial charge in [-0.1, -0.05) is 0 Å². The third-order valence-electron chi connectivity index (χ3n) is 4.84. The molecule has 2 aromatic heterocycles. The fraction of sp³-hybridized carbons (Fsp3) is 0.529. The Balaban J connectivity index is 1.76. The zero-order chi connectivity index (χ0) is 16.0. The van der Waals surface area contributed by atoms with Gasteiger partial charge in [-0.2, -0.15) is 0 Å². The van der Waals surface area contributed by atoms with Crippen molar-refractivity contribution in [1.29, 1.82) is 0 Å². The number of nitrogens with two attached hydrogens (primary N) is 1. The van der Waals surface area contributed by atoms with Gasteiger partial charge in [0.25, 0.3) is 0 Å². The van der Waals surface area contributed by atoms with Crippen LogP contribution in [0.4, 0.5) is 11.4 Å². The Bertz CT molecular complexity index is 749. The molecule has 6 heteroatoms. The summed E-state index contributed by atoms with van der Waals surface area (Å²) in [4.78, 5) is 22.2. The Morgan fingerprint density at radius 3 is 3.00 bits per heavy atom. The van der Waals surface area contributed by atoms with E-state index in [4.69, 9.17) is 5.73 Å². The molecule has 1 amide bonds. The number of piperidine rings is 1. The summed E-state index contributed by atoms with van der Waals surface area (Å²) in [5.41, 5.74) is 10.1. The van der Waals surface area contributed by atoms with Gasteiger partial charge in [-0.15, -0.1) is 0 Å². The van der Waals surface area contributed by atoms with Gasteiger partial charge < -0.3 is 20.9 Å². The first-order valence-corrected chi connectivity index (χ1v) is 8.41. The van der Waals surface area contributed by atoms with Crippen LogP contribution in [0, 0.1) is 12.8 Å². The van der Waals surface area contributed by atoms with Crippen LogP contribution in [0.3, 0.4) is 0 Å². The molecule has 3 heterocycles. The third kappa shape index (κ3) is 2.67. The van der Waals surface area contributed by atoms with Crippen LogP contribution < -0.4 is 16.0 Å². The summed E-state index contributed by atoms with van der Waals surface area (Å²) >= 11 is 0. The summed E-state index contributed by atoms with van der Waals surface area (Å²) in [6.07, 6.45) is 7.91. The number of pyridine rings is 1. The molecule has 1 saturated carbocycles. The van der Waals surface area contributed by atoms with Crippen molar-refractivity contribution in [2.24, 2.45) is 11.7 Å². The monoisotopic (exact) mass is 313 g/mol. The normalized spacial score (nSPS) is 21.7. The zero-order valence-electron chi connectivity index (χ0n) is 13.4. The van der Waals surface area contributed by atoms with Crippen LogP contribution in [0.25, 0.3) is 11.0 Å². The first-order chi connectivity index (χ1) is 11.1. The number of aromatic nitrogens is 2. The highest BCUT2D eigenvalue weighted by atomic mass is 16.2. The summed E-state index contributed by atoms with van der Waals surface area (Å²) < 4.78 is 0. The van der Waals surface area contributed by atoms with Crippen molar-refractivity contribution >= 4 is 28.3 Å². The second kappa shape index (κ2) is 5.53. The number of aromatic amines is 1. The number of hydrogen-bond acceptors (Lipinski definition) is 4. The van der Waals surface area contributed by atoms with E-state index in [1.807, 2.05) is 12.4 Å². The minimum absolute atomic E-state index is 0.119. The van der Waals surface area contributed by atoms with Gasteiger partial charge in [-0.05, 0) is 38.2 Å². The molecular formula is C17H23N5O. The largest absolute Gasteiger partial charge is 0.369 e. The van der Waals surface area contributed by atoms with Gasteiger partial charge in [0.2, 0.25) is 5.91 Å². The molecule has 1 unspecified atom stereocenters. The molecule has 0 radical (unpaired) electrons. The van der Waals surface area contributed by atoms with E-state index < -0.39 is 0 Å². The lowest BCUT2D eigenvalue weighted by molar-refractivity contribution is -0.117. The SMILES string of the molecule is Cc1cnc2[nH]cc(NC(=O)C3CC3)c2c1N1CCCC(N)C1. The van der Waals surface area contributed by atoms with Crippen LogP contribution >= 0.6 is 0 Å². The number of aryl methyl sites for hydroxylation is 1. The van der Waals surface area contributed by atoms with Gasteiger partial charge in [0.15, 0.2) is 0 Å². The first-order valence-electron chi connectivity index (χ1n) is 8.41. The number of H-pyrrole nitrogens is 1. The first kappa shape index (κ1) is 14.5. The van der Waals surface area contributed by atoms with Crippen molar-refractivity contribution in [2.45, 2.75) is 38.6 Å². The second-order valence-corrected chi connectivity index (χ2v) is 6.83. The Hall–Kier alpha value is -2.08. The predicted molar refractivity (Wildman–Crippen MR) is 91.6 cm³/mol. The highest BCUT2D eigenvalue weighted by Crippen LogP contribution is 2.37. The Kier molecular flexibility index (Phi) is 3.49. The molecule has 1 saturated heterocycles. The smallest absolute Gasteiger partial charge is 0.227 e. The second-order valence-electron chi connectivity index (χ2n) is 6.83. The number of hydrogen-bond donors (Lipinski definition) is 3. The minimum Gasteiger partial charge on any atom is -0.369 e. The van der Waals surface area contributed by atoms with E-state index in [0.717, 1.165) is 66.7 Å². The molecule has 122 valence electrons. The van der Waals surface area contributed by atoms with Crippen LogP contribution in [0.1, 0.15) is 31.2 Å². The molecule has 4 N–H and O–H groups in total. The summed E-state index contributed by atoms with van der Waals surface area (Å²) in [5.74, 6) is 0.304. The molecule has 2 fully saturated rings. The molecular weight excluding hydrogens is 290 g/mol. The molecule has 6 nitrogen and oxygen atoms in total. The highest BCUT2D eigenvalue weighted by Gasteiger charge is 2.31. The molecule has 0 spiro atoms. The van der Waals surface area contributed by atoms with Crippen LogP contribution in [0.5, 0.6) is 0 Å². The fourth-order valence-corrected chi connectivity index (χ4v) is 3.47. The topological polar surface area (TPSA) is 87.0 Å². The van der Waals surface area contributed by atoms with Crippen molar-refractivity contribution in [3.05, 3.63) is 18.0 Å². The standard InChI is InChI=1S/C17H23N5O/c1-10-7-19-16-14(15(10)22-6-2-3-12(18)9-22)13(8-20-16)21-17(23)11-4-5-11/h7-8,11-12H,2-6,9,18H2,1H3,(H,19,20)(H,21,23). The number of carbonyl (C=O) groups is 1. The molecule has 0 bridgehead atoms. The highest BCUT2D eigenvalue weighted by molar-refractivity contribution is 6.07. The van der Waals surface area contributed by atoms with Crippen LogP contribution in [-0.2, 0) is 4.79 Å². The van der Waals surface area contributed by atoms with Crippen molar-refractivity contribution in [2.75, 3.05) is 23.3 Å². The number of rotatable bonds is 3. The van der Waals surface area contributed by atoms with Crippen LogP contribution in [0.15, 0.2) is 12.4 Å². The van der Waals surface area contributed by atoms with Gasteiger partial charge in [-0.25, -0.2) is 4.98 Å². The molecule has 0 aromatic carbocycles. The maximum atomic E-state index is 12.2. The summed E-state index contributed by atoms with van der Waals surface area (Å²) in [6, 6.07) is 0.204. The van der Waals surface area contributed by atoms with E-state index >= 15 is 0 Å². The molecule has 1 aliphatic carbocycles. The summed E-state index contributed by atoms with van der Waals surface area (Å²) in [7, 11) is 0.